The van der Waals surface area contributed by atoms with Crippen molar-refractivity contribution < 1.29 is 14.6 Å². The Balaban J connectivity index is 0.00000625. The molecule has 150 valence electrons. The first-order valence-corrected chi connectivity index (χ1v) is 9.96. The lowest BCUT2D eigenvalue weighted by atomic mass is 10.1. The first-order valence-electron chi connectivity index (χ1n) is 8.56. The van der Waals surface area contributed by atoms with Crippen LogP contribution in [0.15, 0.2) is 23.2 Å². The third-order valence-electron chi connectivity index (χ3n) is 3.59. The highest BCUT2D eigenvalue weighted by Gasteiger charge is 2.11. The van der Waals surface area contributed by atoms with E-state index in [4.69, 9.17) is 9.47 Å². The van der Waals surface area contributed by atoms with Gasteiger partial charge in [-0.15, -0.1) is 24.0 Å². The van der Waals surface area contributed by atoms with Gasteiger partial charge in [-0.2, -0.15) is 11.8 Å². The second kappa shape index (κ2) is 15.2. The highest BCUT2D eigenvalue weighted by atomic mass is 127. The van der Waals surface area contributed by atoms with Gasteiger partial charge in [0.1, 0.15) is 11.5 Å². The molecule has 0 heterocycles. The van der Waals surface area contributed by atoms with E-state index in [1.165, 1.54) is 12.2 Å². The smallest absolute Gasteiger partial charge is 0.191 e. The summed E-state index contributed by atoms with van der Waals surface area (Å²) in [6, 6.07) is 5.37. The van der Waals surface area contributed by atoms with Crippen molar-refractivity contribution in [2.75, 3.05) is 45.9 Å². The molecule has 1 aromatic carbocycles. The second-order valence-corrected chi connectivity index (χ2v) is 6.49. The molecule has 3 N–H and O–H groups in total. The van der Waals surface area contributed by atoms with Gasteiger partial charge in [0.25, 0.3) is 0 Å². The number of unbranched alkanes of at least 4 members (excludes halogenated alkanes) is 1. The van der Waals surface area contributed by atoms with Crippen molar-refractivity contribution in [1.82, 2.24) is 10.6 Å². The molecule has 0 radical (unpaired) electrons. The molecule has 0 saturated carbocycles. The van der Waals surface area contributed by atoms with E-state index in [-0.39, 0.29) is 30.5 Å². The van der Waals surface area contributed by atoms with E-state index in [1.807, 2.05) is 18.7 Å². The molecule has 0 amide bonds. The number of hydrogen-bond acceptors (Lipinski definition) is 5. The maximum absolute atomic E-state index is 10.4. The van der Waals surface area contributed by atoms with Crippen LogP contribution in [0.4, 0.5) is 0 Å². The molecule has 1 unspecified atom stereocenters. The van der Waals surface area contributed by atoms with E-state index < -0.39 is 6.10 Å². The zero-order valence-electron chi connectivity index (χ0n) is 16.1. The number of nitrogens with zero attached hydrogens (tertiary/aromatic N) is 1. The maximum Gasteiger partial charge on any atom is 0.191 e. The average Bonchev–Trinajstić information content (AvgIpc) is 2.64. The van der Waals surface area contributed by atoms with Crippen molar-refractivity contribution in [1.29, 1.82) is 0 Å². The van der Waals surface area contributed by atoms with Crippen LogP contribution in [-0.4, -0.2) is 56.9 Å². The van der Waals surface area contributed by atoms with Crippen molar-refractivity contribution in [3.8, 4) is 11.5 Å². The molecular weight excluding hydrogens is 465 g/mol. The van der Waals surface area contributed by atoms with E-state index in [9.17, 15) is 5.11 Å². The highest BCUT2D eigenvalue weighted by molar-refractivity contribution is 14.0. The van der Waals surface area contributed by atoms with E-state index in [0.29, 0.717) is 11.5 Å². The zero-order valence-corrected chi connectivity index (χ0v) is 19.2. The fourth-order valence-electron chi connectivity index (χ4n) is 2.22. The number of guanidine groups is 1. The van der Waals surface area contributed by atoms with Crippen molar-refractivity contribution in [2.45, 2.75) is 25.9 Å². The molecular formula is C18H32IN3O3S. The van der Waals surface area contributed by atoms with Crippen LogP contribution in [0.25, 0.3) is 0 Å². The van der Waals surface area contributed by atoms with Crippen LogP contribution in [0.2, 0.25) is 0 Å². The number of benzene rings is 1. The largest absolute Gasteiger partial charge is 0.497 e. The molecule has 1 rings (SSSR count). The summed E-state index contributed by atoms with van der Waals surface area (Å²) in [6.07, 6.45) is 3.67. The number of halogens is 1. The lowest BCUT2D eigenvalue weighted by molar-refractivity contribution is 0.186. The molecule has 0 saturated heterocycles. The van der Waals surface area contributed by atoms with Crippen LogP contribution >= 0.6 is 35.7 Å². The molecule has 0 bridgehead atoms. The number of rotatable bonds is 11. The Labute approximate surface area is 178 Å². The first kappa shape index (κ1) is 25.1. The van der Waals surface area contributed by atoms with Gasteiger partial charge in [-0.3, -0.25) is 4.99 Å². The number of aliphatic imine (C=N–C) groups is 1. The van der Waals surface area contributed by atoms with Gasteiger partial charge in [0.2, 0.25) is 0 Å². The number of hydrogen-bond donors (Lipinski definition) is 3. The van der Waals surface area contributed by atoms with Crippen molar-refractivity contribution in [3.05, 3.63) is 23.8 Å². The third kappa shape index (κ3) is 9.72. The van der Waals surface area contributed by atoms with Gasteiger partial charge in [-0.1, -0.05) is 0 Å². The van der Waals surface area contributed by atoms with Crippen LogP contribution in [0, 0.1) is 0 Å². The Morgan fingerprint density at radius 3 is 2.35 bits per heavy atom. The Bertz CT molecular complexity index is 510. The Morgan fingerprint density at radius 2 is 1.81 bits per heavy atom. The van der Waals surface area contributed by atoms with Crippen LogP contribution in [0.5, 0.6) is 11.5 Å². The maximum atomic E-state index is 10.4. The average molecular weight is 497 g/mol. The van der Waals surface area contributed by atoms with Crippen LogP contribution in [0.1, 0.15) is 31.4 Å². The first-order chi connectivity index (χ1) is 12.1. The van der Waals surface area contributed by atoms with Crippen LogP contribution in [0.3, 0.4) is 0 Å². The van der Waals surface area contributed by atoms with Crippen LogP contribution < -0.4 is 20.1 Å². The van der Waals surface area contributed by atoms with Gasteiger partial charge in [0.05, 0.1) is 26.9 Å². The normalized spacial score (nSPS) is 12.1. The molecule has 0 aliphatic heterocycles. The second-order valence-electron chi connectivity index (χ2n) is 5.51. The molecule has 0 aliphatic carbocycles. The Morgan fingerprint density at radius 1 is 1.15 bits per heavy atom. The standard InChI is InChI=1S/C18H31N3O3S.HI/c1-5-19-18(20-8-6-7-9-25-4)21-13-17(22)14-10-15(23-2)12-16(11-14)24-3;/h10-12,17,22H,5-9,13H2,1-4H3,(H2,19,20,21);1H. The van der Waals surface area contributed by atoms with Gasteiger partial charge in [0.15, 0.2) is 5.96 Å². The minimum absolute atomic E-state index is 0. The van der Waals surface area contributed by atoms with Crippen LogP contribution in [-0.2, 0) is 0 Å². The molecule has 1 aromatic rings. The molecule has 6 nitrogen and oxygen atoms in total. The van der Waals surface area contributed by atoms with Crippen molar-refractivity contribution in [2.24, 2.45) is 4.99 Å². The summed E-state index contributed by atoms with van der Waals surface area (Å²) in [7, 11) is 3.18. The Hall–Kier alpha value is -0.870. The minimum Gasteiger partial charge on any atom is -0.497 e. The lowest BCUT2D eigenvalue weighted by Gasteiger charge is -2.14. The van der Waals surface area contributed by atoms with Gasteiger partial charge in [-0.05, 0) is 49.5 Å². The summed E-state index contributed by atoms with van der Waals surface area (Å²) in [4.78, 5) is 4.48. The summed E-state index contributed by atoms with van der Waals surface area (Å²) < 4.78 is 10.5. The molecule has 8 heteroatoms. The predicted molar refractivity (Wildman–Crippen MR) is 122 cm³/mol. The quantitative estimate of drug-likeness (QED) is 0.189. The third-order valence-corrected chi connectivity index (χ3v) is 4.29. The van der Waals surface area contributed by atoms with E-state index in [2.05, 4.69) is 21.9 Å². The highest BCUT2D eigenvalue weighted by Crippen LogP contribution is 2.26. The number of methoxy groups -OCH3 is 2. The molecule has 1 atom stereocenters. The van der Waals surface area contributed by atoms with E-state index in [1.54, 1.807) is 32.4 Å². The molecule has 0 aromatic heterocycles. The molecule has 0 aliphatic rings. The molecule has 0 fully saturated rings. The number of thioether (sulfide) groups is 1. The van der Waals surface area contributed by atoms with E-state index in [0.717, 1.165) is 31.0 Å². The zero-order chi connectivity index (χ0) is 18.5. The van der Waals surface area contributed by atoms with Gasteiger partial charge >= 0.3 is 0 Å². The SMILES string of the molecule is CCNC(=NCC(O)c1cc(OC)cc(OC)c1)NCCCCSC.I. The fourth-order valence-corrected chi connectivity index (χ4v) is 2.72. The number of ether oxygens (including phenoxy) is 2. The van der Waals surface area contributed by atoms with Crippen molar-refractivity contribution >= 4 is 41.7 Å². The van der Waals surface area contributed by atoms with E-state index >= 15 is 0 Å². The fraction of sp³-hybridized carbons (Fsp3) is 0.611. The number of aliphatic hydroxyl groups excluding tert-OH is 1. The molecule has 0 spiro atoms. The number of aliphatic hydroxyl groups is 1. The van der Waals surface area contributed by atoms with Gasteiger partial charge in [-0.25, -0.2) is 0 Å². The lowest BCUT2D eigenvalue weighted by Crippen LogP contribution is -2.38. The van der Waals surface area contributed by atoms with Gasteiger partial charge < -0.3 is 25.2 Å². The Kier molecular flexibility index (Phi) is 14.7. The summed E-state index contributed by atoms with van der Waals surface area (Å²) in [5.41, 5.74) is 0.718. The molecule has 26 heavy (non-hydrogen) atoms. The summed E-state index contributed by atoms with van der Waals surface area (Å²) in [6.45, 7) is 3.93. The number of nitrogens with one attached hydrogen (secondary N) is 2. The van der Waals surface area contributed by atoms with Crippen molar-refractivity contribution in [3.63, 3.8) is 0 Å². The van der Waals surface area contributed by atoms with Gasteiger partial charge in [0, 0.05) is 19.2 Å². The minimum atomic E-state index is -0.726. The summed E-state index contributed by atoms with van der Waals surface area (Å²) in [5.74, 6) is 3.19. The summed E-state index contributed by atoms with van der Waals surface area (Å²) >= 11 is 1.86. The summed E-state index contributed by atoms with van der Waals surface area (Å²) in [5, 5.41) is 16.9. The topological polar surface area (TPSA) is 75.1 Å². The monoisotopic (exact) mass is 497 g/mol. The predicted octanol–water partition coefficient (Wildman–Crippen LogP) is 3.05.